The van der Waals surface area contributed by atoms with Crippen molar-refractivity contribution in [1.29, 1.82) is 0 Å². The Morgan fingerprint density at radius 3 is 1.76 bits per heavy atom. The largest absolute Gasteiger partial charge is 0.456 e. The minimum Gasteiger partial charge on any atom is -0.456 e. The molecule has 3 heterocycles. The van der Waals surface area contributed by atoms with Gasteiger partial charge >= 0.3 is 0 Å². The first-order valence-electron chi connectivity index (χ1n) is 21.0. The fraction of sp³-hybridized carbons (Fsp3) is 0. The highest BCUT2D eigenvalue weighted by Crippen LogP contribution is 2.47. The maximum atomic E-state index is 6.58. The number of benzene rings is 10. The van der Waals surface area contributed by atoms with E-state index < -0.39 is 0 Å². The summed E-state index contributed by atoms with van der Waals surface area (Å²) < 4.78 is 15.7. The van der Waals surface area contributed by atoms with Crippen molar-refractivity contribution in [2.45, 2.75) is 0 Å². The van der Waals surface area contributed by atoms with E-state index in [1.807, 2.05) is 23.5 Å². The van der Waals surface area contributed by atoms with Crippen LogP contribution in [0.25, 0.3) is 108 Å². The second kappa shape index (κ2) is 13.8. The topological polar surface area (TPSA) is 29.5 Å². The van der Waals surface area contributed by atoms with Gasteiger partial charge in [0, 0.05) is 64.2 Å². The first kappa shape index (κ1) is 34.9. The SMILES string of the molecule is c1ccc(N(c2ccc(-c3cccc4c3oc3ccccc34)cc2)c2ccc(-c3cccc4c3sc3ccccc34)cc2)c(-c2cccc3oc4cc5ccccc5cc4c23)c1. The molecule has 4 heteroatoms. The van der Waals surface area contributed by atoms with Crippen molar-refractivity contribution in [3.63, 3.8) is 0 Å². The van der Waals surface area contributed by atoms with E-state index in [1.165, 1.54) is 42.1 Å². The number of hydrogen-bond donors (Lipinski definition) is 0. The maximum Gasteiger partial charge on any atom is 0.143 e. The predicted octanol–water partition coefficient (Wildman–Crippen LogP) is 17.5. The molecule has 0 fully saturated rings. The zero-order chi connectivity index (χ0) is 40.7. The summed E-state index contributed by atoms with van der Waals surface area (Å²) in [5.41, 5.74) is 13.6. The third kappa shape index (κ3) is 5.44. The smallest absolute Gasteiger partial charge is 0.143 e. The molecule has 0 aliphatic rings. The van der Waals surface area contributed by atoms with E-state index in [9.17, 15) is 0 Å². The Morgan fingerprint density at radius 1 is 0.355 bits per heavy atom. The zero-order valence-electron chi connectivity index (χ0n) is 33.4. The van der Waals surface area contributed by atoms with Crippen LogP contribution in [0.2, 0.25) is 0 Å². The number of anilines is 3. The van der Waals surface area contributed by atoms with E-state index in [0.29, 0.717) is 0 Å². The third-order valence-corrected chi connectivity index (χ3v) is 13.7. The molecule has 0 aliphatic carbocycles. The van der Waals surface area contributed by atoms with Crippen LogP contribution in [0.1, 0.15) is 0 Å². The molecular weight excluding hydrogens is 775 g/mol. The Labute approximate surface area is 360 Å². The summed E-state index contributed by atoms with van der Waals surface area (Å²) in [7, 11) is 0. The molecule has 0 spiro atoms. The normalized spacial score (nSPS) is 11.9. The molecule has 3 aromatic heterocycles. The van der Waals surface area contributed by atoms with Gasteiger partial charge in [0.2, 0.25) is 0 Å². The van der Waals surface area contributed by atoms with Gasteiger partial charge in [0.15, 0.2) is 0 Å². The second-order valence-corrected chi connectivity index (χ2v) is 17.0. The van der Waals surface area contributed by atoms with E-state index in [4.69, 9.17) is 8.83 Å². The number of nitrogens with zero attached hydrogens (tertiary/aromatic N) is 1. The van der Waals surface area contributed by atoms with Crippen LogP contribution in [0.5, 0.6) is 0 Å². The summed E-state index contributed by atoms with van der Waals surface area (Å²) >= 11 is 1.87. The molecule has 290 valence electrons. The average Bonchev–Trinajstić information content (AvgIpc) is 4.03. The van der Waals surface area contributed by atoms with Gasteiger partial charge in [0.1, 0.15) is 22.3 Å². The van der Waals surface area contributed by atoms with E-state index in [1.54, 1.807) is 0 Å². The molecule has 13 rings (SSSR count). The van der Waals surface area contributed by atoms with E-state index >= 15 is 0 Å². The van der Waals surface area contributed by atoms with Crippen molar-refractivity contribution in [2.75, 3.05) is 4.90 Å². The molecule has 0 unspecified atom stereocenters. The molecule has 0 bridgehead atoms. The molecule has 0 amide bonds. The lowest BCUT2D eigenvalue weighted by atomic mass is 9.95. The minimum atomic E-state index is 0.873. The van der Waals surface area contributed by atoms with Crippen LogP contribution < -0.4 is 4.90 Å². The fourth-order valence-corrected chi connectivity index (χ4v) is 10.8. The van der Waals surface area contributed by atoms with Gasteiger partial charge in [-0.1, -0.05) is 152 Å². The zero-order valence-corrected chi connectivity index (χ0v) is 34.2. The quantitative estimate of drug-likeness (QED) is 0.168. The number of thiophene rings is 1. The van der Waals surface area contributed by atoms with Crippen molar-refractivity contribution in [3.8, 4) is 33.4 Å². The van der Waals surface area contributed by atoms with Crippen LogP contribution in [-0.2, 0) is 0 Å². The molecule has 0 aliphatic heterocycles. The molecule has 0 N–H and O–H groups in total. The summed E-state index contributed by atoms with van der Waals surface area (Å²) in [6.45, 7) is 0. The Morgan fingerprint density at radius 2 is 0.935 bits per heavy atom. The molecule has 3 nitrogen and oxygen atoms in total. The molecule has 0 radical (unpaired) electrons. The lowest BCUT2D eigenvalue weighted by Gasteiger charge is -2.28. The van der Waals surface area contributed by atoms with Gasteiger partial charge in [0.05, 0.1) is 5.69 Å². The molecule has 0 saturated heterocycles. The first-order chi connectivity index (χ1) is 30.7. The third-order valence-electron chi connectivity index (χ3n) is 12.5. The lowest BCUT2D eigenvalue weighted by Crippen LogP contribution is -2.11. The van der Waals surface area contributed by atoms with Gasteiger partial charge in [-0.2, -0.15) is 0 Å². The number of furan rings is 2. The van der Waals surface area contributed by atoms with Crippen LogP contribution in [0.4, 0.5) is 17.1 Å². The summed E-state index contributed by atoms with van der Waals surface area (Å²) in [5, 5.41) is 9.44. The van der Waals surface area contributed by atoms with Crippen molar-refractivity contribution in [3.05, 3.63) is 212 Å². The Kier molecular flexibility index (Phi) is 7.78. The average molecular weight is 810 g/mol. The van der Waals surface area contributed by atoms with Crippen molar-refractivity contribution >= 4 is 103 Å². The lowest BCUT2D eigenvalue weighted by molar-refractivity contribution is 0.669. The van der Waals surface area contributed by atoms with Crippen molar-refractivity contribution in [1.82, 2.24) is 0 Å². The van der Waals surface area contributed by atoms with Crippen LogP contribution in [-0.4, -0.2) is 0 Å². The highest BCUT2D eigenvalue weighted by atomic mass is 32.1. The van der Waals surface area contributed by atoms with Gasteiger partial charge in [-0.05, 0) is 93.7 Å². The van der Waals surface area contributed by atoms with Crippen LogP contribution >= 0.6 is 11.3 Å². The van der Waals surface area contributed by atoms with Gasteiger partial charge < -0.3 is 13.7 Å². The number of para-hydroxylation sites is 3. The maximum absolute atomic E-state index is 6.58. The Balaban J connectivity index is 0.985. The van der Waals surface area contributed by atoms with Crippen molar-refractivity contribution in [2.24, 2.45) is 0 Å². The summed E-state index contributed by atoms with van der Waals surface area (Å²) in [6.07, 6.45) is 0. The highest BCUT2D eigenvalue weighted by Gasteiger charge is 2.22. The molecule has 13 aromatic rings. The number of fused-ring (bicyclic) bond motifs is 10. The predicted molar refractivity (Wildman–Crippen MR) is 262 cm³/mol. The summed E-state index contributed by atoms with van der Waals surface area (Å²) in [5.74, 6) is 0. The molecule has 10 aromatic carbocycles. The Bertz CT molecular complexity index is 3710. The van der Waals surface area contributed by atoms with Gasteiger partial charge in [0.25, 0.3) is 0 Å². The Hall–Kier alpha value is -7.92. The number of rotatable bonds is 6. The van der Waals surface area contributed by atoms with E-state index in [2.05, 4.69) is 205 Å². The molecule has 0 saturated carbocycles. The van der Waals surface area contributed by atoms with Gasteiger partial charge in [-0.15, -0.1) is 11.3 Å². The van der Waals surface area contributed by atoms with E-state index in [-0.39, 0.29) is 0 Å². The highest BCUT2D eigenvalue weighted by molar-refractivity contribution is 7.26. The molecule has 0 atom stereocenters. The minimum absolute atomic E-state index is 0.873. The second-order valence-electron chi connectivity index (χ2n) is 16.0. The van der Waals surface area contributed by atoms with Crippen molar-refractivity contribution < 1.29 is 8.83 Å². The summed E-state index contributed by atoms with van der Waals surface area (Å²) in [6, 6.07) is 76.2. The monoisotopic (exact) mass is 809 g/mol. The van der Waals surface area contributed by atoms with Crippen LogP contribution in [0.3, 0.4) is 0 Å². The number of hydrogen-bond acceptors (Lipinski definition) is 4. The van der Waals surface area contributed by atoms with Crippen LogP contribution in [0, 0.1) is 0 Å². The first-order valence-corrected chi connectivity index (χ1v) is 21.8. The van der Waals surface area contributed by atoms with E-state index in [0.717, 1.165) is 83.2 Å². The van der Waals surface area contributed by atoms with Gasteiger partial charge in [-0.25, -0.2) is 0 Å². The molecular formula is C58H35NO2S. The van der Waals surface area contributed by atoms with Crippen LogP contribution in [0.15, 0.2) is 221 Å². The van der Waals surface area contributed by atoms with Gasteiger partial charge in [-0.3, -0.25) is 0 Å². The summed E-state index contributed by atoms with van der Waals surface area (Å²) in [4.78, 5) is 2.39. The molecule has 62 heavy (non-hydrogen) atoms. The standard InChI is InChI=1S/C58H35NO2S/c1-2-13-39-35-54-50(34-38(39)12-1)56-47(19-11-24-53(56)60-54)44-14-3-6-22-51(44)59(40-30-26-36(27-31-40)42-17-9-20-48-45-15-4-7-23-52(45)61-57(42)48)41-32-28-37(29-33-41)43-18-10-21-49-46-16-5-8-25-55(46)62-58(43)49/h1-35H. The fourth-order valence-electron chi connectivity index (χ4n) is 9.59.